The number of anilines is 1. The number of aromatic amines is 1. The molecule has 0 saturated carbocycles. The van der Waals surface area contributed by atoms with Gasteiger partial charge in [0.05, 0.1) is 21.0 Å². The first-order valence-electron chi connectivity index (χ1n) is 7.50. The van der Waals surface area contributed by atoms with Crippen LogP contribution in [0.1, 0.15) is 26.7 Å². The van der Waals surface area contributed by atoms with Crippen molar-refractivity contribution in [2.45, 2.75) is 43.6 Å². The summed E-state index contributed by atoms with van der Waals surface area (Å²) in [5, 5.41) is 9.85. The van der Waals surface area contributed by atoms with E-state index in [9.17, 15) is 9.59 Å². The van der Waals surface area contributed by atoms with Gasteiger partial charge in [0.15, 0.2) is 5.16 Å². The highest BCUT2D eigenvalue weighted by molar-refractivity contribution is 8.00. The summed E-state index contributed by atoms with van der Waals surface area (Å²) in [6.45, 7) is 4.35. The van der Waals surface area contributed by atoms with E-state index in [0.29, 0.717) is 27.4 Å². The Labute approximate surface area is 153 Å². The molecule has 24 heavy (non-hydrogen) atoms. The average Bonchev–Trinajstić information content (AvgIpc) is 2.89. The van der Waals surface area contributed by atoms with E-state index in [2.05, 4.69) is 15.5 Å². The van der Waals surface area contributed by atoms with E-state index in [1.807, 2.05) is 6.92 Å². The van der Waals surface area contributed by atoms with E-state index < -0.39 is 5.25 Å². The molecule has 0 fully saturated rings. The minimum Gasteiger partial charge on any atom is -0.324 e. The Balaban J connectivity index is 2.07. The number of H-pyrrole nitrogens is 1. The van der Waals surface area contributed by atoms with Gasteiger partial charge in [0.2, 0.25) is 5.91 Å². The van der Waals surface area contributed by atoms with Gasteiger partial charge in [0.1, 0.15) is 0 Å². The smallest absolute Gasteiger partial charge is 0.324 e. The second-order valence-electron chi connectivity index (χ2n) is 5.17. The van der Waals surface area contributed by atoms with Crippen molar-refractivity contribution in [3.05, 3.63) is 38.7 Å². The minimum absolute atomic E-state index is 0.248. The fourth-order valence-corrected chi connectivity index (χ4v) is 3.18. The Morgan fingerprint density at radius 3 is 2.92 bits per heavy atom. The normalized spacial score (nSPS) is 12.2. The maximum Gasteiger partial charge on any atom is 0.343 e. The third kappa shape index (κ3) is 4.55. The molecule has 0 aliphatic carbocycles. The van der Waals surface area contributed by atoms with Crippen molar-refractivity contribution in [2.75, 3.05) is 5.32 Å². The highest BCUT2D eigenvalue weighted by atomic mass is 35.5. The van der Waals surface area contributed by atoms with Crippen LogP contribution in [0.2, 0.25) is 10.0 Å². The van der Waals surface area contributed by atoms with E-state index in [4.69, 9.17) is 23.2 Å². The summed E-state index contributed by atoms with van der Waals surface area (Å²) in [7, 11) is 0. The number of nitrogens with one attached hydrogen (secondary N) is 2. The number of nitrogens with zero attached hydrogens (tertiary/aromatic N) is 2. The van der Waals surface area contributed by atoms with Crippen LogP contribution in [-0.4, -0.2) is 25.9 Å². The van der Waals surface area contributed by atoms with Gasteiger partial charge >= 0.3 is 5.69 Å². The molecule has 2 rings (SSSR count). The van der Waals surface area contributed by atoms with Gasteiger partial charge < -0.3 is 5.32 Å². The van der Waals surface area contributed by atoms with Gasteiger partial charge in [-0.25, -0.2) is 9.89 Å². The van der Waals surface area contributed by atoms with Crippen molar-refractivity contribution < 1.29 is 4.79 Å². The molecule has 0 bridgehead atoms. The fraction of sp³-hybridized carbons (Fsp3) is 0.400. The summed E-state index contributed by atoms with van der Waals surface area (Å²) in [4.78, 5) is 24.1. The number of carbonyl (C=O) groups excluding carboxylic acids is 1. The van der Waals surface area contributed by atoms with Gasteiger partial charge in [-0.1, -0.05) is 54.4 Å². The summed E-state index contributed by atoms with van der Waals surface area (Å²) in [6, 6.07) is 5.03. The molecule has 0 saturated heterocycles. The van der Waals surface area contributed by atoms with E-state index in [-0.39, 0.29) is 11.6 Å². The predicted octanol–water partition coefficient (Wildman–Crippen LogP) is 3.80. The zero-order valence-electron chi connectivity index (χ0n) is 13.3. The molecule has 2 aromatic rings. The molecule has 0 spiro atoms. The standard InChI is InChI=1S/C15H18Cl2N4O2S/c1-3-4-8-21-14(23)19-20-15(21)24-9(2)13(22)18-11-7-5-6-10(16)12(11)17/h5-7,9H,3-4,8H2,1-2H3,(H,18,22)(H,19,23). The van der Waals surface area contributed by atoms with Crippen LogP contribution in [0, 0.1) is 0 Å². The zero-order chi connectivity index (χ0) is 17.7. The van der Waals surface area contributed by atoms with Crippen molar-refractivity contribution in [1.29, 1.82) is 0 Å². The Bertz CT molecular complexity index is 775. The molecule has 1 heterocycles. The van der Waals surface area contributed by atoms with Crippen LogP contribution < -0.4 is 11.0 Å². The van der Waals surface area contributed by atoms with E-state index in [1.54, 1.807) is 29.7 Å². The highest BCUT2D eigenvalue weighted by Gasteiger charge is 2.20. The number of hydrogen-bond acceptors (Lipinski definition) is 4. The molecular formula is C15H18Cl2N4O2S. The van der Waals surface area contributed by atoms with Crippen molar-refractivity contribution in [3.8, 4) is 0 Å². The van der Waals surface area contributed by atoms with Crippen molar-refractivity contribution in [2.24, 2.45) is 0 Å². The Morgan fingerprint density at radius 2 is 2.21 bits per heavy atom. The molecule has 0 aliphatic rings. The second-order valence-corrected chi connectivity index (χ2v) is 7.26. The van der Waals surface area contributed by atoms with Crippen molar-refractivity contribution >= 4 is 46.6 Å². The Hall–Kier alpha value is -1.44. The number of aromatic nitrogens is 3. The van der Waals surface area contributed by atoms with Crippen molar-refractivity contribution in [3.63, 3.8) is 0 Å². The quantitative estimate of drug-likeness (QED) is 0.706. The molecule has 0 aliphatic heterocycles. The number of thioether (sulfide) groups is 1. The second kappa shape index (κ2) is 8.60. The van der Waals surface area contributed by atoms with Crippen LogP contribution >= 0.6 is 35.0 Å². The van der Waals surface area contributed by atoms with Gasteiger partial charge in [-0.3, -0.25) is 9.36 Å². The van der Waals surface area contributed by atoms with Gasteiger partial charge in [0.25, 0.3) is 0 Å². The Kier molecular flexibility index (Phi) is 6.77. The monoisotopic (exact) mass is 388 g/mol. The largest absolute Gasteiger partial charge is 0.343 e. The van der Waals surface area contributed by atoms with E-state index in [0.717, 1.165) is 12.8 Å². The first kappa shape index (κ1) is 18.9. The number of unbranched alkanes of at least 4 members (excludes halogenated alkanes) is 1. The third-order valence-corrected chi connectivity index (χ3v) is 5.23. The molecule has 1 unspecified atom stereocenters. The number of hydrogen-bond donors (Lipinski definition) is 2. The molecule has 130 valence electrons. The predicted molar refractivity (Wildman–Crippen MR) is 98.2 cm³/mol. The lowest BCUT2D eigenvalue weighted by Gasteiger charge is -2.13. The van der Waals surface area contributed by atoms with E-state index >= 15 is 0 Å². The van der Waals surface area contributed by atoms with Gasteiger partial charge in [0, 0.05) is 6.54 Å². The SMILES string of the molecule is CCCCn1c(SC(C)C(=O)Nc2cccc(Cl)c2Cl)n[nH]c1=O. The number of benzene rings is 1. The highest BCUT2D eigenvalue weighted by Crippen LogP contribution is 2.30. The van der Waals surface area contributed by atoms with Crippen LogP contribution in [0.15, 0.2) is 28.2 Å². The first-order chi connectivity index (χ1) is 11.4. The maximum absolute atomic E-state index is 12.4. The molecule has 2 N–H and O–H groups in total. The molecule has 9 heteroatoms. The summed E-state index contributed by atoms with van der Waals surface area (Å²) in [6.07, 6.45) is 1.83. The molecule has 1 atom stereocenters. The number of halogens is 2. The average molecular weight is 389 g/mol. The van der Waals surface area contributed by atoms with Gasteiger partial charge in [-0.2, -0.15) is 0 Å². The molecule has 6 nitrogen and oxygen atoms in total. The molecular weight excluding hydrogens is 371 g/mol. The third-order valence-electron chi connectivity index (χ3n) is 3.32. The summed E-state index contributed by atoms with van der Waals surface area (Å²) in [5.74, 6) is -0.248. The van der Waals surface area contributed by atoms with Crippen LogP contribution in [0.5, 0.6) is 0 Å². The maximum atomic E-state index is 12.4. The lowest BCUT2D eigenvalue weighted by atomic mass is 10.3. The van der Waals surface area contributed by atoms with Crippen LogP contribution in [0.3, 0.4) is 0 Å². The fourth-order valence-electron chi connectivity index (χ4n) is 1.95. The van der Waals surface area contributed by atoms with Gasteiger partial charge in [-0.15, -0.1) is 5.10 Å². The number of rotatable bonds is 7. The summed E-state index contributed by atoms with van der Waals surface area (Å²) < 4.78 is 1.55. The van der Waals surface area contributed by atoms with Crippen molar-refractivity contribution in [1.82, 2.24) is 14.8 Å². The Morgan fingerprint density at radius 1 is 1.46 bits per heavy atom. The summed E-state index contributed by atoms with van der Waals surface area (Å²) in [5.41, 5.74) is 0.184. The molecule has 0 radical (unpaired) electrons. The number of carbonyl (C=O) groups is 1. The van der Waals surface area contributed by atoms with Gasteiger partial charge in [-0.05, 0) is 25.5 Å². The number of amides is 1. The topological polar surface area (TPSA) is 79.8 Å². The lowest BCUT2D eigenvalue weighted by molar-refractivity contribution is -0.115. The van der Waals surface area contributed by atoms with Crippen LogP contribution in [0.4, 0.5) is 5.69 Å². The molecule has 1 aromatic carbocycles. The minimum atomic E-state index is -0.462. The first-order valence-corrected chi connectivity index (χ1v) is 9.14. The van der Waals surface area contributed by atoms with Crippen LogP contribution in [-0.2, 0) is 11.3 Å². The lowest BCUT2D eigenvalue weighted by Crippen LogP contribution is -2.24. The molecule has 1 amide bonds. The molecule has 1 aromatic heterocycles. The summed E-state index contributed by atoms with van der Waals surface area (Å²) >= 11 is 13.2. The van der Waals surface area contributed by atoms with Crippen LogP contribution in [0.25, 0.3) is 0 Å². The van der Waals surface area contributed by atoms with E-state index in [1.165, 1.54) is 11.8 Å². The zero-order valence-corrected chi connectivity index (χ0v) is 15.6.